The molecule has 0 fully saturated rings. The van der Waals surface area contributed by atoms with Gasteiger partial charge in [-0.1, -0.05) is 61.9 Å². The van der Waals surface area contributed by atoms with Gasteiger partial charge >= 0.3 is 11.9 Å². The van der Waals surface area contributed by atoms with Crippen LogP contribution in [0.2, 0.25) is 10.0 Å². The molecule has 0 spiro atoms. The minimum absolute atomic E-state index is 0.000122. The standard InChI is InChI=1S/C18H24Cl2O4/c1-2-3-4-5-6-11-23-17(21)9-10-18(22)24-13-14-7-8-15(19)12-16(14)20/h7-8,12H,2-6,9-11,13H2,1H3. The van der Waals surface area contributed by atoms with Crippen molar-refractivity contribution in [1.82, 2.24) is 0 Å². The molecule has 0 aliphatic carbocycles. The molecule has 6 heteroatoms. The molecule has 4 nitrogen and oxygen atoms in total. The van der Waals surface area contributed by atoms with Gasteiger partial charge in [0.1, 0.15) is 6.61 Å². The fourth-order valence-corrected chi connectivity index (χ4v) is 2.50. The van der Waals surface area contributed by atoms with Crippen molar-refractivity contribution in [2.24, 2.45) is 0 Å². The van der Waals surface area contributed by atoms with Crippen LogP contribution in [0, 0.1) is 0 Å². The zero-order chi connectivity index (χ0) is 17.8. The molecular weight excluding hydrogens is 351 g/mol. The van der Waals surface area contributed by atoms with Gasteiger partial charge in [0.15, 0.2) is 0 Å². The highest BCUT2D eigenvalue weighted by Crippen LogP contribution is 2.21. The van der Waals surface area contributed by atoms with Gasteiger partial charge in [-0.15, -0.1) is 0 Å². The summed E-state index contributed by atoms with van der Waals surface area (Å²) in [6.07, 6.45) is 5.51. The molecule has 1 aromatic rings. The SMILES string of the molecule is CCCCCCCOC(=O)CCC(=O)OCc1ccc(Cl)cc1Cl. The lowest BCUT2D eigenvalue weighted by molar-refractivity contribution is -0.151. The number of hydrogen-bond acceptors (Lipinski definition) is 4. The van der Waals surface area contributed by atoms with E-state index in [1.165, 1.54) is 12.8 Å². The van der Waals surface area contributed by atoms with Crippen LogP contribution >= 0.6 is 23.2 Å². The summed E-state index contributed by atoms with van der Waals surface area (Å²) in [5.41, 5.74) is 0.670. The highest BCUT2D eigenvalue weighted by Gasteiger charge is 2.10. The van der Waals surface area contributed by atoms with Crippen LogP contribution in [0.3, 0.4) is 0 Å². The van der Waals surface area contributed by atoms with Crippen molar-refractivity contribution >= 4 is 35.1 Å². The van der Waals surface area contributed by atoms with Crippen LogP contribution < -0.4 is 0 Å². The molecule has 0 aliphatic heterocycles. The largest absolute Gasteiger partial charge is 0.466 e. The van der Waals surface area contributed by atoms with E-state index in [2.05, 4.69) is 6.92 Å². The van der Waals surface area contributed by atoms with Crippen molar-refractivity contribution in [3.05, 3.63) is 33.8 Å². The molecule has 0 amide bonds. The van der Waals surface area contributed by atoms with E-state index in [1.54, 1.807) is 18.2 Å². The van der Waals surface area contributed by atoms with E-state index in [0.29, 0.717) is 22.2 Å². The van der Waals surface area contributed by atoms with E-state index < -0.39 is 5.97 Å². The van der Waals surface area contributed by atoms with Crippen LogP contribution in [0.25, 0.3) is 0 Å². The van der Waals surface area contributed by atoms with Crippen molar-refractivity contribution in [2.45, 2.75) is 58.5 Å². The predicted molar refractivity (Wildman–Crippen MR) is 95.2 cm³/mol. The average Bonchev–Trinajstić information content (AvgIpc) is 2.55. The number of halogens is 2. The lowest BCUT2D eigenvalue weighted by Crippen LogP contribution is -2.11. The van der Waals surface area contributed by atoms with Gasteiger partial charge in [0.2, 0.25) is 0 Å². The molecule has 134 valence electrons. The Morgan fingerprint density at radius 1 is 0.958 bits per heavy atom. The predicted octanol–water partition coefficient (Wildman–Crippen LogP) is 5.33. The first-order chi connectivity index (χ1) is 11.5. The van der Waals surface area contributed by atoms with Crippen molar-refractivity contribution in [1.29, 1.82) is 0 Å². The summed E-state index contributed by atoms with van der Waals surface area (Å²) in [5, 5.41) is 0.963. The number of benzene rings is 1. The summed E-state index contributed by atoms with van der Waals surface area (Å²) in [4.78, 5) is 23.2. The zero-order valence-electron chi connectivity index (χ0n) is 14.0. The van der Waals surface area contributed by atoms with E-state index >= 15 is 0 Å². The molecule has 0 aliphatic rings. The molecule has 0 saturated heterocycles. The topological polar surface area (TPSA) is 52.6 Å². The van der Waals surface area contributed by atoms with Crippen molar-refractivity contribution in [3.8, 4) is 0 Å². The van der Waals surface area contributed by atoms with Gasteiger partial charge in [-0.05, 0) is 18.6 Å². The first kappa shape index (κ1) is 20.8. The van der Waals surface area contributed by atoms with Crippen LogP contribution in [0.1, 0.15) is 57.4 Å². The Labute approximate surface area is 153 Å². The number of unbranched alkanes of at least 4 members (excludes halogenated alkanes) is 4. The summed E-state index contributed by atoms with van der Waals surface area (Å²) >= 11 is 11.8. The first-order valence-electron chi connectivity index (χ1n) is 8.28. The normalized spacial score (nSPS) is 10.5. The molecule has 1 aromatic carbocycles. The lowest BCUT2D eigenvalue weighted by Gasteiger charge is -2.07. The molecule has 0 atom stereocenters. The Kier molecular flexibility index (Phi) is 10.5. The first-order valence-corrected chi connectivity index (χ1v) is 9.03. The molecule has 0 unspecified atom stereocenters. The fourth-order valence-electron chi connectivity index (χ4n) is 2.04. The Morgan fingerprint density at radius 3 is 2.29 bits per heavy atom. The van der Waals surface area contributed by atoms with Gasteiger partial charge in [0.25, 0.3) is 0 Å². The van der Waals surface area contributed by atoms with E-state index in [1.807, 2.05) is 0 Å². The minimum atomic E-state index is -0.457. The smallest absolute Gasteiger partial charge is 0.306 e. The van der Waals surface area contributed by atoms with Gasteiger partial charge in [-0.25, -0.2) is 0 Å². The van der Waals surface area contributed by atoms with E-state index in [4.69, 9.17) is 32.7 Å². The van der Waals surface area contributed by atoms with Gasteiger partial charge in [0, 0.05) is 15.6 Å². The molecular formula is C18H24Cl2O4. The lowest BCUT2D eigenvalue weighted by atomic mass is 10.2. The quantitative estimate of drug-likeness (QED) is 0.387. The number of rotatable bonds is 11. The molecule has 0 heterocycles. The summed E-state index contributed by atoms with van der Waals surface area (Å²) in [5.74, 6) is -0.826. The van der Waals surface area contributed by atoms with Crippen LogP contribution in [0.4, 0.5) is 0 Å². The van der Waals surface area contributed by atoms with E-state index in [9.17, 15) is 9.59 Å². The van der Waals surface area contributed by atoms with E-state index in [-0.39, 0.29) is 25.4 Å². The van der Waals surface area contributed by atoms with E-state index in [0.717, 1.165) is 19.3 Å². The van der Waals surface area contributed by atoms with Crippen molar-refractivity contribution < 1.29 is 19.1 Å². The Hall–Kier alpha value is -1.26. The zero-order valence-corrected chi connectivity index (χ0v) is 15.5. The third-order valence-corrected chi connectivity index (χ3v) is 4.03. The second-order valence-electron chi connectivity index (χ2n) is 5.53. The highest BCUT2D eigenvalue weighted by atomic mass is 35.5. The summed E-state index contributed by atoms with van der Waals surface area (Å²) in [7, 11) is 0. The maximum absolute atomic E-state index is 11.6. The number of esters is 2. The molecule has 1 rings (SSSR count). The Balaban J connectivity index is 2.13. The van der Waals surface area contributed by atoms with Crippen LogP contribution in [0.15, 0.2) is 18.2 Å². The van der Waals surface area contributed by atoms with Gasteiger partial charge in [0.05, 0.1) is 19.4 Å². The molecule has 0 N–H and O–H groups in total. The monoisotopic (exact) mass is 374 g/mol. The fraction of sp³-hybridized carbons (Fsp3) is 0.556. The maximum atomic E-state index is 11.6. The number of carbonyl (C=O) groups excluding carboxylic acids is 2. The van der Waals surface area contributed by atoms with Crippen molar-refractivity contribution in [2.75, 3.05) is 6.61 Å². The highest BCUT2D eigenvalue weighted by molar-refractivity contribution is 6.35. The average molecular weight is 375 g/mol. The van der Waals surface area contributed by atoms with Gasteiger partial charge in [-0.3, -0.25) is 9.59 Å². The summed E-state index contributed by atoms with van der Waals surface area (Å²) in [6, 6.07) is 4.96. The van der Waals surface area contributed by atoms with Crippen molar-refractivity contribution in [3.63, 3.8) is 0 Å². The van der Waals surface area contributed by atoms with Crippen LogP contribution in [-0.2, 0) is 25.7 Å². The van der Waals surface area contributed by atoms with Gasteiger partial charge in [-0.2, -0.15) is 0 Å². The number of carbonyl (C=O) groups is 2. The molecule has 0 saturated carbocycles. The van der Waals surface area contributed by atoms with Crippen LogP contribution in [-0.4, -0.2) is 18.5 Å². The Bertz CT molecular complexity index is 532. The molecule has 0 aromatic heterocycles. The third kappa shape index (κ3) is 9.14. The second kappa shape index (κ2) is 12.2. The van der Waals surface area contributed by atoms with Gasteiger partial charge < -0.3 is 9.47 Å². The Morgan fingerprint density at radius 2 is 1.62 bits per heavy atom. The van der Waals surface area contributed by atoms with Crippen LogP contribution in [0.5, 0.6) is 0 Å². The second-order valence-corrected chi connectivity index (χ2v) is 6.37. The minimum Gasteiger partial charge on any atom is -0.466 e. The molecule has 0 bridgehead atoms. The number of hydrogen-bond donors (Lipinski definition) is 0. The summed E-state index contributed by atoms with van der Waals surface area (Å²) < 4.78 is 10.2. The third-order valence-electron chi connectivity index (χ3n) is 3.45. The molecule has 24 heavy (non-hydrogen) atoms. The summed E-state index contributed by atoms with van der Waals surface area (Å²) in [6.45, 7) is 2.62. The number of ether oxygens (including phenoxy) is 2. The maximum Gasteiger partial charge on any atom is 0.306 e. The molecule has 0 radical (unpaired) electrons.